The molecule has 2 atom stereocenters. The van der Waals surface area contributed by atoms with E-state index in [0.29, 0.717) is 16.6 Å². The Labute approximate surface area is 128 Å². The molecular weight excluding hydrogens is 349 g/mol. The Bertz CT molecular complexity index is 554. The molecule has 1 heterocycles. The summed E-state index contributed by atoms with van der Waals surface area (Å²) in [5, 5.41) is 9.06. The third-order valence-corrected chi connectivity index (χ3v) is 5.23. The molecule has 7 heteroatoms. The van der Waals surface area contributed by atoms with Gasteiger partial charge in [0.2, 0.25) is 0 Å². The standard InChI is InChI=1S/C13H13BrFNO3S/c1-2-11-16(10(6-20-11)13(18)19)12(17)8-4-3-7(15)5-9(8)14/h3-5,10-11H,2,6H2,1H3,(H,18,19). The average Bonchev–Trinajstić information content (AvgIpc) is 2.81. The Morgan fingerprint density at radius 1 is 1.55 bits per heavy atom. The molecule has 2 rings (SSSR count). The molecule has 0 bridgehead atoms. The zero-order valence-corrected chi connectivity index (χ0v) is 13.1. The number of hydrogen-bond acceptors (Lipinski definition) is 3. The average molecular weight is 362 g/mol. The normalized spacial score (nSPS) is 22.1. The molecule has 1 saturated heterocycles. The van der Waals surface area contributed by atoms with Gasteiger partial charge in [-0.3, -0.25) is 4.79 Å². The number of thioether (sulfide) groups is 1. The van der Waals surface area contributed by atoms with Gasteiger partial charge >= 0.3 is 5.97 Å². The molecule has 1 aliphatic heterocycles. The van der Waals surface area contributed by atoms with Crippen LogP contribution in [0.4, 0.5) is 4.39 Å². The number of rotatable bonds is 3. The topological polar surface area (TPSA) is 57.6 Å². The molecular formula is C13H13BrFNO3S. The first-order chi connectivity index (χ1) is 9.45. The van der Waals surface area contributed by atoms with E-state index in [-0.39, 0.29) is 16.8 Å². The smallest absolute Gasteiger partial charge is 0.327 e. The van der Waals surface area contributed by atoms with Crippen molar-refractivity contribution in [3.8, 4) is 0 Å². The monoisotopic (exact) mass is 361 g/mol. The second-order valence-corrected chi connectivity index (χ2v) is 6.45. The lowest BCUT2D eigenvalue weighted by molar-refractivity contribution is -0.141. The summed E-state index contributed by atoms with van der Waals surface area (Å²) in [5.41, 5.74) is 0.276. The van der Waals surface area contributed by atoms with Crippen molar-refractivity contribution in [3.63, 3.8) is 0 Å². The molecule has 1 N–H and O–H groups in total. The molecule has 0 saturated carbocycles. The highest BCUT2D eigenvalue weighted by molar-refractivity contribution is 9.10. The van der Waals surface area contributed by atoms with Gasteiger partial charge in [-0.05, 0) is 40.5 Å². The molecule has 1 aliphatic rings. The van der Waals surface area contributed by atoms with Gasteiger partial charge in [-0.15, -0.1) is 11.8 Å². The van der Waals surface area contributed by atoms with Gasteiger partial charge in [-0.25, -0.2) is 9.18 Å². The third-order valence-electron chi connectivity index (χ3n) is 3.12. The lowest BCUT2D eigenvalue weighted by Gasteiger charge is -2.27. The summed E-state index contributed by atoms with van der Waals surface area (Å²) >= 11 is 4.61. The molecule has 0 aliphatic carbocycles. The number of hydrogen-bond donors (Lipinski definition) is 1. The second kappa shape index (κ2) is 6.13. The summed E-state index contributed by atoms with van der Waals surface area (Å²) in [6.45, 7) is 1.90. The number of aliphatic carboxylic acids is 1. The minimum atomic E-state index is -1.01. The first-order valence-electron chi connectivity index (χ1n) is 6.07. The summed E-state index contributed by atoms with van der Waals surface area (Å²) in [4.78, 5) is 25.2. The van der Waals surface area contributed by atoms with Crippen LogP contribution in [0.25, 0.3) is 0 Å². The molecule has 0 aromatic heterocycles. The summed E-state index contributed by atoms with van der Waals surface area (Å²) in [5.74, 6) is -1.48. The van der Waals surface area contributed by atoms with E-state index in [1.807, 2.05) is 6.92 Å². The Hall–Kier alpha value is -1.08. The fourth-order valence-electron chi connectivity index (χ4n) is 2.14. The van der Waals surface area contributed by atoms with E-state index in [9.17, 15) is 19.1 Å². The molecule has 1 aromatic carbocycles. The molecule has 20 heavy (non-hydrogen) atoms. The van der Waals surface area contributed by atoms with Gasteiger partial charge < -0.3 is 10.0 Å². The van der Waals surface area contributed by atoms with Crippen molar-refractivity contribution in [2.75, 3.05) is 5.75 Å². The highest BCUT2D eigenvalue weighted by Crippen LogP contribution is 2.34. The van der Waals surface area contributed by atoms with Crippen LogP contribution in [0.3, 0.4) is 0 Å². The minimum Gasteiger partial charge on any atom is -0.480 e. The van der Waals surface area contributed by atoms with Crippen molar-refractivity contribution < 1.29 is 19.1 Å². The molecule has 1 amide bonds. The van der Waals surface area contributed by atoms with Crippen LogP contribution in [0.15, 0.2) is 22.7 Å². The Morgan fingerprint density at radius 3 is 2.80 bits per heavy atom. The second-order valence-electron chi connectivity index (χ2n) is 4.39. The van der Waals surface area contributed by atoms with Crippen LogP contribution in [0.5, 0.6) is 0 Å². The van der Waals surface area contributed by atoms with E-state index >= 15 is 0 Å². The number of carboxylic acids is 1. The Kier molecular flexibility index (Phi) is 4.70. The number of nitrogens with zero attached hydrogens (tertiary/aromatic N) is 1. The van der Waals surface area contributed by atoms with Crippen LogP contribution in [0.2, 0.25) is 0 Å². The SMILES string of the molecule is CCC1SCC(C(=O)O)N1C(=O)c1ccc(F)cc1Br. The van der Waals surface area contributed by atoms with Crippen LogP contribution in [0.1, 0.15) is 23.7 Å². The highest BCUT2D eigenvalue weighted by Gasteiger charge is 2.41. The summed E-state index contributed by atoms with van der Waals surface area (Å²) in [6.07, 6.45) is 0.666. The first-order valence-corrected chi connectivity index (χ1v) is 7.92. The van der Waals surface area contributed by atoms with Crippen molar-refractivity contribution >= 4 is 39.6 Å². The van der Waals surface area contributed by atoms with Gasteiger partial charge in [-0.1, -0.05) is 6.92 Å². The molecule has 0 radical (unpaired) electrons. The van der Waals surface area contributed by atoms with Crippen LogP contribution in [-0.2, 0) is 4.79 Å². The number of halogens is 2. The largest absolute Gasteiger partial charge is 0.480 e. The van der Waals surface area contributed by atoms with Crippen LogP contribution < -0.4 is 0 Å². The molecule has 108 valence electrons. The van der Waals surface area contributed by atoms with Crippen LogP contribution >= 0.6 is 27.7 Å². The zero-order chi connectivity index (χ0) is 14.9. The quantitative estimate of drug-likeness (QED) is 0.898. The van der Waals surface area contributed by atoms with E-state index in [2.05, 4.69) is 15.9 Å². The van der Waals surface area contributed by atoms with Crippen molar-refractivity contribution in [2.45, 2.75) is 24.8 Å². The maximum Gasteiger partial charge on any atom is 0.327 e. The van der Waals surface area contributed by atoms with E-state index in [1.165, 1.54) is 34.9 Å². The van der Waals surface area contributed by atoms with E-state index in [1.54, 1.807) is 0 Å². The van der Waals surface area contributed by atoms with Gasteiger partial charge in [0, 0.05) is 10.2 Å². The van der Waals surface area contributed by atoms with Gasteiger partial charge in [0.05, 0.1) is 10.9 Å². The number of carbonyl (C=O) groups is 2. The molecule has 2 unspecified atom stereocenters. The molecule has 0 spiro atoms. The predicted octanol–water partition coefficient (Wildman–Crippen LogP) is 2.97. The van der Waals surface area contributed by atoms with Gasteiger partial charge in [0.15, 0.2) is 0 Å². The maximum atomic E-state index is 13.1. The summed E-state index contributed by atoms with van der Waals surface area (Å²) < 4.78 is 13.4. The lowest BCUT2D eigenvalue weighted by atomic mass is 10.1. The van der Waals surface area contributed by atoms with E-state index in [4.69, 9.17) is 0 Å². The minimum absolute atomic E-state index is 0.166. The Balaban J connectivity index is 2.36. The third kappa shape index (κ3) is 2.83. The van der Waals surface area contributed by atoms with Crippen molar-refractivity contribution in [1.29, 1.82) is 0 Å². The van der Waals surface area contributed by atoms with Crippen molar-refractivity contribution in [2.24, 2.45) is 0 Å². The van der Waals surface area contributed by atoms with Crippen LogP contribution in [0, 0.1) is 5.82 Å². The van der Waals surface area contributed by atoms with Gasteiger partial charge in [-0.2, -0.15) is 0 Å². The van der Waals surface area contributed by atoms with Crippen molar-refractivity contribution in [3.05, 3.63) is 34.1 Å². The summed E-state index contributed by atoms with van der Waals surface area (Å²) in [6, 6.07) is 2.93. The maximum absolute atomic E-state index is 13.1. The number of carbonyl (C=O) groups excluding carboxylic acids is 1. The number of amides is 1. The molecule has 4 nitrogen and oxygen atoms in total. The van der Waals surface area contributed by atoms with Crippen molar-refractivity contribution in [1.82, 2.24) is 4.90 Å². The molecule has 1 fully saturated rings. The molecule has 1 aromatic rings. The lowest BCUT2D eigenvalue weighted by Crippen LogP contribution is -2.45. The number of benzene rings is 1. The highest BCUT2D eigenvalue weighted by atomic mass is 79.9. The summed E-state index contributed by atoms with van der Waals surface area (Å²) in [7, 11) is 0. The van der Waals surface area contributed by atoms with Gasteiger partial charge in [0.25, 0.3) is 5.91 Å². The zero-order valence-electron chi connectivity index (χ0n) is 10.7. The van der Waals surface area contributed by atoms with Crippen LogP contribution in [-0.4, -0.2) is 39.1 Å². The van der Waals surface area contributed by atoms with Gasteiger partial charge in [0.1, 0.15) is 11.9 Å². The van der Waals surface area contributed by atoms with E-state index < -0.39 is 17.8 Å². The fourth-order valence-corrected chi connectivity index (χ4v) is 4.01. The number of carboxylic acid groups (broad SMARTS) is 1. The fraction of sp³-hybridized carbons (Fsp3) is 0.385. The Morgan fingerprint density at radius 2 is 2.25 bits per heavy atom. The first kappa shape index (κ1) is 15.3. The van der Waals surface area contributed by atoms with E-state index in [0.717, 1.165) is 0 Å². The predicted molar refractivity (Wildman–Crippen MR) is 78.2 cm³/mol.